The molecule has 0 fully saturated rings. The summed E-state index contributed by atoms with van der Waals surface area (Å²) in [5.41, 5.74) is 1.04. The molecule has 98 valence electrons. The van der Waals surface area contributed by atoms with Crippen LogP contribution in [-0.4, -0.2) is 9.97 Å². The van der Waals surface area contributed by atoms with Crippen molar-refractivity contribution in [3.05, 3.63) is 45.4 Å². The fourth-order valence-electron chi connectivity index (χ4n) is 1.81. The van der Waals surface area contributed by atoms with Gasteiger partial charge in [-0.15, -0.1) is 11.3 Å². The Hall–Kier alpha value is -1.55. The SMILES string of the molecule is N#Cc1cc(Cl)cc(F)c1-c1nc2ccnc(Br)c2s1. The molecule has 0 spiro atoms. The standard InChI is InChI=1S/C13H4BrClFN3S/c14-12-11-9(1-2-18-12)19-13(20-11)10-6(5-17)3-7(15)4-8(10)16/h1-4H. The van der Waals surface area contributed by atoms with Gasteiger partial charge in [0, 0.05) is 11.2 Å². The van der Waals surface area contributed by atoms with Crippen LogP contribution in [0.15, 0.2) is 29.0 Å². The monoisotopic (exact) mass is 367 g/mol. The molecule has 2 aromatic heterocycles. The van der Waals surface area contributed by atoms with E-state index in [0.29, 0.717) is 15.1 Å². The zero-order chi connectivity index (χ0) is 14.3. The van der Waals surface area contributed by atoms with E-state index in [1.165, 1.54) is 23.5 Å². The average molecular weight is 369 g/mol. The summed E-state index contributed by atoms with van der Waals surface area (Å²) in [7, 11) is 0. The molecule has 0 N–H and O–H groups in total. The van der Waals surface area contributed by atoms with E-state index in [4.69, 9.17) is 16.9 Å². The van der Waals surface area contributed by atoms with Gasteiger partial charge in [0.15, 0.2) is 0 Å². The summed E-state index contributed by atoms with van der Waals surface area (Å²) in [6, 6.07) is 6.29. The number of hydrogen-bond donors (Lipinski definition) is 0. The highest BCUT2D eigenvalue weighted by molar-refractivity contribution is 9.10. The maximum atomic E-state index is 14.1. The number of benzene rings is 1. The van der Waals surface area contributed by atoms with Crippen molar-refractivity contribution in [1.82, 2.24) is 9.97 Å². The molecule has 20 heavy (non-hydrogen) atoms. The second-order valence-electron chi connectivity index (χ2n) is 3.89. The number of halogens is 3. The van der Waals surface area contributed by atoms with Crippen molar-refractivity contribution in [1.29, 1.82) is 5.26 Å². The number of nitrogens with zero attached hydrogens (tertiary/aromatic N) is 3. The molecule has 0 saturated carbocycles. The molecule has 0 atom stereocenters. The van der Waals surface area contributed by atoms with Gasteiger partial charge < -0.3 is 0 Å². The van der Waals surface area contributed by atoms with Gasteiger partial charge in [-0.3, -0.25) is 0 Å². The molecule has 0 aliphatic heterocycles. The quantitative estimate of drug-likeness (QED) is 0.581. The summed E-state index contributed by atoms with van der Waals surface area (Å²) in [6.07, 6.45) is 1.61. The molecule has 0 saturated heterocycles. The van der Waals surface area contributed by atoms with Gasteiger partial charge in [0.1, 0.15) is 21.5 Å². The number of pyridine rings is 1. The molecule has 7 heteroatoms. The first-order valence-corrected chi connectivity index (χ1v) is 7.39. The van der Waals surface area contributed by atoms with Crippen molar-refractivity contribution >= 4 is 49.1 Å². The Morgan fingerprint density at radius 3 is 2.90 bits per heavy atom. The van der Waals surface area contributed by atoms with E-state index in [9.17, 15) is 4.39 Å². The van der Waals surface area contributed by atoms with Crippen LogP contribution < -0.4 is 0 Å². The van der Waals surface area contributed by atoms with Gasteiger partial charge in [-0.1, -0.05) is 11.6 Å². The molecule has 1 aromatic carbocycles. The van der Waals surface area contributed by atoms with E-state index >= 15 is 0 Å². The van der Waals surface area contributed by atoms with Crippen molar-refractivity contribution in [3.63, 3.8) is 0 Å². The van der Waals surface area contributed by atoms with E-state index in [2.05, 4.69) is 25.9 Å². The predicted octanol–water partition coefficient (Wildman–Crippen LogP) is 4.78. The number of hydrogen-bond acceptors (Lipinski definition) is 4. The van der Waals surface area contributed by atoms with E-state index in [-0.39, 0.29) is 16.1 Å². The van der Waals surface area contributed by atoms with Crippen LogP contribution in [0.1, 0.15) is 5.56 Å². The third-order valence-electron chi connectivity index (χ3n) is 2.65. The lowest BCUT2D eigenvalue weighted by Gasteiger charge is -2.02. The Labute approximate surface area is 130 Å². The molecule has 0 radical (unpaired) electrons. The smallest absolute Gasteiger partial charge is 0.136 e. The highest BCUT2D eigenvalue weighted by atomic mass is 79.9. The number of fused-ring (bicyclic) bond motifs is 1. The summed E-state index contributed by atoms with van der Waals surface area (Å²) in [6.45, 7) is 0. The molecule has 3 aromatic rings. The molecule has 3 nitrogen and oxygen atoms in total. The van der Waals surface area contributed by atoms with Crippen molar-refractivity contribution in [2.75, 3.05) is 0 Å². The van der Waals surface area contributed by atoms with E-state index in [1.54, 1.807) is 12.3 Å². The maximum absolute atomic E-state index is 14.1. The molecule has 0 unspecified atom stereocenters. The third-order valence-corrected chi connectivity index (χ3v) is 4.83. The van der Waals surface area contributed by atoms with Crippen LogP contribution in [0, 0.1) is 17.1 Å². The minimum atomic E-state index is -0.558. The second kappa shape index (κ2) is 5.09. The van der Waals surface area contributed by atoms with Crippen LogP contribution in [0.2, 0.25) is 5.02 Å². The van der Waals surface area contributed by atoms with Crippen molar-refractivity contribution in [2.45, 2.75) is 0 Å². The fourth-order valence-corrected chi connectivity index (χ4v) is 3.58. The Morgan fingerprint density at radius 2 is 2.20 bits per heavy atom. The lowest BCUT2D eigenvalue weighted by atomic mass is 10.1. The largest absolute Gasteiger partial charge is 0.248 e. The first-order valence-electron chi connectivity index (χ1n) is 5.40. The molecule has 0 bridgehead atoms. The Balaban J connectivity index is 2.32. The fraction of sp³-hybridized carbons (Fsp3) is 0. The van der Waals surface area contributed by atoms with Crippen LogP contribution in [0.3, 0.4) is 0 Å². The second-order valence-corrected chi connectivity index (χ2v) is 6.08. The molecular formula is C13H4BrClFN3S. The first-order chi connectivity index (χ1) is 9.60. The zero-order valence-electron chi connectivity index (χ0n) is 9.69. The van der Waals surface area contributed by atoms with E-state index < -0.39 is 5.82 Å². The van der Waals surface area contributed by atoms with Gasteiger partial charge in [0.25, 0.3) is 0 Å². The number of thiazole rings is 1. The summed E-state index contributed by atoms with van der Waals surface area (Å²) in [5.74, 6) is -0.558. The Morgan fingerprint density at radius 1 is 1.40 bits per heavy atom. The topological polar surface area (TPSA) is 49.6 Å². The third kappa shape index (κ3) is 2.18. The lowest BCUT2D eigenvalue weighted by molar-refractivity contribution is 0.631. The highest BCUT2D eigenvalue weighted by Crippen LogP contribution is 2.37. The number of aromatic nitrogens is 2. The van der Waals surface area contributed by atoms with Crippen LogP contribution in [0.4, 0.5) is 4.39 Å². The zero-order valence-corrected chi connectivity index (χ0v) is 12.9. The normalized spacial score (nSPS) is 10.7. The van der Waals surface area contributed by atoms with Crippen LogP contribution >= 0.6 is 38.9 Å². The van der Waals surface area contributed by atoms with Gasteiger partial charge >= 0.3 is 0 Å². The summed E-state index contributed by atoms with van der Waals surface area (Å²) in [5, 5.41) is 9.75. The minimum Gasteiger partial charge on any atom is -0.248 e. The van der Waals surface area contributed by atoms with Crippen LogP contribution in [0.5, 0.6) is 0 Å². The van der Waals surface area contributed by atoms with Crippen molar-refractivity contribution in [2.24, 2.45) is 0 Å². The van der Waals surface area contributed by atoms with Crippen LogP contribution in [-0.2, 0) is 0 Å². The Bertz CT molecular complexity index is 872. The van der Waals surface area contributed by atoms with Gasteiger partial charge in [-0.25, -0.2) is 14.4 Å². The van der Waals surface area contributed by atoms with Crippen LogP contribution in [0.25, 0.3) is 20.8 Å². The molecule has 2 heterocycles. The first kappa shape index (κ1) is 13.4. The number of rotatable bonds is 1. The summed E-state index contributed by atoms with van der Waals surface area (Å²) >= 11 is 10.4. The van der Waals surface area contributed by atoms with Gasteiger partial charge in [-0.2, -0.15) is 5.26 Å². The van der Waals surface area contributed by atoms with E-state index in [1.807, 2.05) is 6.07 Å². The summed E-state index contributed by atoms with van der Waals surface area (Å²) < 4.78 is 15.6. The lowest BCUT2D eigenvalue weighted by Crippen LogP contribution is -1.89. The van der Waals surface area contributed by atoms with Crippen molar-refractivity contribution < 1.29 is 4.39 Å². The molecule has 0 amide bonds. The Kier molecular flexibility index (Phi) is 3.42. The maximum Gasteiger partial charge on any atom is 0.136 e. The molecule has 3 rings (SSSR count). The van der Waals surface area contributed by atoms with Gasteiger partial charge in [-0.05, 0) is 34.1 Å². The average Bonchev–Trinajstić information content (AvgIpc) is 2.82. The molecule has 0 aliphatic carbocycles. The molecule has 0 aliphatic rings. The predicted molar refractivity (Wildman–Crippen MR) is 80.2 cm³/mol. The van der Waals surface area contributed by atoms with Gasteiger partial charge in [0.05, 0.1) is 21.3 Å². The number of nitriles is 1. The van der Waals surface area contributed by atoms with E-state index in [0.717, 1.165) is 4.70 Å². The van der Waals surface area contributed by atoms with Crippen molar-refractivity contribution in [3.8, 4) is 16.6 Å². The summed E-state index contributed by atoms with van der Waals surface area (Å²) in [4.78, 5) is 8.46. The minimum absolute atomic E-state index is 0.165. The highest BCUT2D eigenvalue weighted by Gasteiger charge is 2.17. The molecular weight excluding hydrogens is 365 g/mol. The van der Waals surface area contributed by atoms with Gasteiger partial charge in [0.2, 0.25) is 0 Å².